The Morgan fingerprint density at radius 2 is 1.65 bits per heavy atom. The summed E-state index contributed by atoms with van der Waals surface area (Å²) < 4.78 is 15.6. The summed E-state index contributed by atoms with van der Waals surface area (Å²) in [5.74, 6) is 0.597. The Hall–Kier alpha value is -3.90. The van der Waals surface area contributed by atoms with Gasteiger partial charge in [0.2, 0.25) is 0 Å². The lowest BCUT2D eigenvalue weighted by atomic mass is 9.72. The molecule has 0 amide bonds. The maximum Gasteiger partial charge on any atom is 0.253 e. The molecule has 34 heavy (non-hydrogen) atoms. The van der Waals surface area contributed by atoms with Crippen LogP contribution in [0.4, 0.5) is 4.39 Å². The van der Waals surface area contributed by atoms with Gasteiger partial charge in [0.05, 0.1) is 5.69 Å². The summed E-state index contributed by atoms with van der Waals surface area (Å²) in [5, 5.41) is 4.63. The Morgan fingerprint density at radius 3 is 2.35 bits per heavy atom. The van der Waals surface area contributed by atoms with E-state index in [2.05, 4.69) is 46.5 Å². The summed E-state index contributed by atoms with van der Waals surface area (Å²) in [6.07, 6.45) is 5.17. The fourth-order valence-corrected chi connectivity index (χ4v) is 4.63. The van der Waals surface area contributed by atoms with E-state index < -0.39 is 0 Å². The molecule has 0 spiro atoms. The summed E-state index contributed by atoms with van der Waals surface area (Å²) in [7, 11) is 0. The van der Waals surface area contributed by atoms with E-state index in [-0.39, 0.29) is 11.4 Å². The molecular formula is C28H24FN5. The largest absolute Gasteiger partial charge is 0.321 e. The van der Waals surface area contributed by atoms with Gasteiger partial charge in [-0.05, 0) is 55.0 Å². The molecule has 0 saturated heterocycles. The van der Waals surface area contributed by atoms with E-state index in [9.17, 15) is 4.39 Å². The quantitative estimate of drug-likeness (QED) is 0.370. The Bertz CT molecular complexity index is 1500. The van der Waals surface area contributed by atoms with Gasteiger partial charge in [0.25, 0.3) is 5.78 Å². The minimum atomic E-state index is -0.317. The predicted octanol–water partition coefficient (Wildman–Crippen LogP) is 5.91. The van der Waals surface area contributed by atoms with E-state index in [4.69, 9.17) is 10.7 Å². The molecule has 0 radical (unpaired) electrons. The van der Waals surface area contributed by atoms with Crippen LogP contribution in [0.5, 0.6) is 0 Å². The topological polar surface area (TPSA) is 69.1 Å². The third-order valence-corrected chi connectivity index (χ3v) is 6.84. The second kappa shape index (κ2) is 7.85. The van der Waals surface area contributed by atoms with Gasteiger partial charge in [0, 0.05) is 28.4 Å². The number of hydrogen-bond donors (Lipinski definition) is 1. The molecule has 0 unspecified atom stereocenters. The SMILES string of the molecule is Cc1ccc(F)cc1-c1nc2nc(-c3ccc(C4(N)CCC4)cc3)c(-c3ccccc3)cn2n1. The van der Waals surface area contributed by atoms with Gasteiger partial charge >= 0.3 is 0 Å². The van der Waals surface area contributed by atoms with Crippen molar-refractivity contribution in [1.29, 1.82) is 0 Å². The van der Waals surface area contributed by atoms with Gasteiger partial charge in [-0.15, -0.1) is 5.10 Å². The highest BCUT2D eigenvalue weighted by Gasteiger charge is 2.34. The molecule has 2 aromatic heterocycles. The van der Waals surface area contributed by atoms with Crippen LogP contribution in [0, 0.1) is 12.7 Å². The maximum absolute atomic E-state index is 13.9. The van der Waals surface area contributed by atoms with Crippen molar-refractivity contribution in [2.45, 2.75) is 31.7 Å². The number of nitrogens with zero attached hydrogens (tertiary/aromatic N) is 4. The number of aryl methyl sites for hydroxylation is 1. The summed E-state index contributed by atoms with van der Waals surface area (Å²) in [6.45, 7) is 1.92. The highest BCUT2D eigenvalue weighted by Crippen LogP contribution is 2.40. The Morgan fingerprint density at radius 1 is 0.882 bits per heavy atom. The van der Waals surface area contributed by atoms with Gasteiger partial charge in [0.1, 0.15) is 5.82 Å². The zero-order valence-corrected chi connectivity index (χ0v) is 18.9. The molecule has 168 valence electrons. The third kappa shape index (κ3) is 3.47. The fraction of sp³-hybridized carbons (Fsp3) is 0.179. The minimum absolute atomic E-state index is 0.205. The van der Waals surface area contributed by atoms with Gasteiger partial charge in [-0.2, -0.15) is 4.98 Å². The lowest BCUT2D eigenvalue weighted by Gasteiger charge is -2.38. The van der Waals surface area contributed by atoms with Crippen LogP contribution < -0.4 is 5.73 Å². The average Bonchev–Trinajstić information content (AvgIpc) is 3.27. The average molecular weight is 450 g/mol. The Labute approximate surface area is 197 Å². The first-order valence-corrected chi connectivity index (χ1v) is 11.5. The molecule has 1 aliphatic rings. The summed E-state index contributed by atoms with van der Waals surface area (Å²) in [6, 6.07) is 23.1. The summed E-state index contributed by atoms with van der Waals surface area (Å²) in [5.41, 5.74) is 12.8. The van der Waals surface area contributed by atoms with Crippen molar-refractivity contribution in [3.8, 4) is 33.8 Å². The Kier molecular flexibility index (Phi) is 4.78. The molecule has 3 aromatic carbocycles. The van der Waals surface area contributed by atoms with Crippen LogP contribution in [-0.4, -0.2) is 19.6 Å². The van der Waals surface area contributed by atoms with E-state index >= 15 is 0 Å². The van der Waals surface area contributed by atoms with Crippen LogP contribution in [0.3, 0.4) is 0 Å². The van der Waals surface area contributed by atoms with Crippen LogP contribution in [-0.2, 0) is 5.54 Å². The molecule has 1 fully saturated rings. The first kappa shape index (κ1) is 20.7. The molecule has 6 heteroatoms. The molecule has 5 aromatic rings. The molecular weight excluding hydrogens is 425 g/mol. The lowest BCUT2D eigenvalue weighted by Crippen LogP contribution is -2.43. The number of halogens is 1. The number of hydrogen-bond acceptors (Lipinski definition) is 4. The van der Waals surface area contributed by atoms with Crippen LogP contribution in [0.15, 0.2) is 79.0 Å². The molecule has 1 aliphatic carbocycles. The Balaban J connectivity index is 1.51. The molecule has 1 saturated carbocycles. The summed E-state index contributed by atoms with van der Waals surface area (Å²) in [4.78, 5) is 9.55. The van der Waals surface area contributed by atoms with Crippen molar-refractivity contribution >= 4 is 5.78 Å². The number of aromatic nitrogens is 4. The van der Waals surface area contributed by atoms with Gasteiger partial charge in [0.15, 0.2) is 5.82 Å². The van der Waals surface area contributed by atoms with Crippen molar-refractivity contribution in [3.05, 3.63) is 95.9 Å². The molecule has 2 N–H and O–H groups in total. The molecule has 0 atom stereocenters. The predicted molar refractivity (Wildman–Crippen MR) is 132 cm³/mol. The van der Waals surface area contributed by atoms with E-state index in [0.29, 0.717) is 17.2 Å². The fourth-order valence-electron chi connectivity index (χ4n) is 4.63. The highest BCUT2D eigenvalue weighted by molar-refractivity contribution is 5.81. The van der Waals surface area contributed by atoms with Gasteiger partial charge < -0.3 is 5.73 Å². The smallest absolute Gasteiger partial charge is 0.253 e. The zero-order chi connectivity index (χ0) is 23.3. The van der Waals surface area contributed by atoms with Crippen molar-refractivity contribution in [3.63, 3.8) is 0 Å². The number of rotatable bonds is 4. The third-order valence-electron chi connectivity index (χ3n) is 6.84. The molecule has 5 nitrogen and oxygen atoms in total. The van der Waals surface area contributed by atoms with E-state index in [1.165, 1.54) is 18.6 Å². The summed E-state index contributed by atoms with van der Waals surface area (Å²) >= 11 is 0. The molecule has 6 rings (SSSR count). The van der Waals surface area contributed by atoms with Gasteiger partial charge in [-0.1, -0.05) is 60.7 Å². The monoisotopic (exact) mass is 449 g/mol. The standard InChI is InChI=1S/C28H24FN5/c1-18-8-13-22(29)16-23(18)26-32-27-31-25(20-9-11-21(12-10-20)28(30)14-5-15-28)24(17-34(27)33-26)19-6-3-2-4-7-19/h2-4,6-13,16-17H,5,14-15,30H2,1H3. The number of nitrogens with two attached hydrogens (primary N) is 1. The van der Waals surface area contributed by atoms with E-state index in [1.54, 1.807) is 10.6 Å². The highest BCUT2D eigenvalue weighted by atomic mass is 19.1. The van der Waals surface area contributed by atoms with Crippen LogP contribution in [0.25, 0.3) is 39.5 Å². The second-order valence-electron chi connectivity index (χ2n) is 9.10. The maximum atomic E-state index is 13.9. The van der Waals surface area contributed by atoms with Crippen molar-refractivity contribution in [2.75, 3.05) is 0 Å². The molecule has 0 aliphatic heterocycles. The zero-order valence-electron chi connectivity index (χ0n) is 18.9. The number of fused-ring (bicyclic) bond motifs is 1. The molecule has 0 bridgehead atoms. The second-order valence-corrected chi connectivity index (χ2v) is 9.10. The van der Waals surface area contributed by atoms with Gasteiger partial charge in [-0.25, -0.2) is 13.9 Å². The van der Waals surface area contributed by atoms with Crippen LogP contribution in [0.1, 0.15) is 30.4 Å². The van der Waals surface area contributed by atoms with Crippen LogP contribution in [0.2, 0.25) is 0 Å². The van der Waals surface area contributed by atoms with Gasteiger partial charge in [-0.3, -0.25) is 0 Å². The first-order valence-electron chi connectivity index (χ1n) is 11.5. The first-order chi connectivity index (χ1) is 16.5. The number of benzene rings is 3. The molecule has 2 heterocycles. The van der Waals surface area contributed by atoms with E-state index in [1.807, 2.05) is 31.3 Å². The normalized spacial score (nSPS) is 14.8. The minimum Gasteiger partial charge on any atom is -0.321 e. The van der Waals surface area contributed by atoms with Crippen molar-refractivity contribution in [2.24, 2.45) is 5.73 Å². The van der Waals surface area contributed by atoms with Crippen LogP contribution >= 0.6 is 0 Å². The van der Waals surface area contributed by atoms with Crippen molar-refractivity contribution in [1.82, 2.24) is 19.6 Å². The van der Waals surface area contributed by atoms with Crippen molar-refractivity contribution < 1.29 is 4.39 Å². The van der Waals surface area contributed by atoms with E-state index in [0.717, 1.165) is 46.4 Å². The lowest BCUT2D eigenvalue weighted by molar-refractivity contribution is 0.253.